The van der Waals surface area contributed by atoms with E-state index >= 15 is 0 Å². The monoisotopic (exact) mass is 417 g/mol. The molecule has 1 aliphatic rings. The van der Waals surface area contributed by atoms with Gasteiger partial charge in [0.2, 0.25) is 0 Å². The molecule has 160 valence electrons. The second-order valence-corrected chi connectivity index (χ2v) is 8.89. The van der Waals surface area contributed by atoms with Gasteiger partial charge in [-0.3, -0.25) is 9.48 Å². The van der Waals surface area contributed by atoms with Gasteiger partial charge in [0, 0.05) is 54.1 Å². The molecule has 0 spiro atoms. The summed E-state index contributed by atoms with van der Waals surface area (Å²) in [6.45, 7) is 6.18. The number of nitrogens with zero attached hydrogens (tertiary/aromatic N) is 4. The van der Waals surface area contributed by atoms with Gasteiger partial charge in [0.1, 0.15) is 5.75 Å². The van der Waals surface area contributed by atoms with Crippen molar-refractivity contribution in [2.24, 2.45) is 7.05 Å². The van der Waals surface area contributed by atoms with E-state index in [1.165, 1.54) is 0 Å². The molecule has 31 heavy (non-hydrogen) atoms. The fourth-order valence-corrected chi connectivity index (χ4v) is 4.98. The van der Waals surface area contributed by atoms with Crippen molar-refractivity contribution < 1.29 is 5.11 Å². The molecule has 2 N–H and O–H groups in total. The highest BCUT2D eigenvalue weighted by atomic mass is 16.3. The Labute approximate surface area is 180 Å². The third-order valence-corrected chi connectivity index (χ3v) is 6.39. The summed E-state index contributed by atoms with van der Waals surface area (Å²) in [6, 6.07) is 8.39. The zero-order chi connectivity index (χ0) is 21.9. The maximum atomic E-state index is 13.2. The third kappa shape index (κ3) is 3.29. The summed E-state index contributed by atoms with van der Waals surface area (Å²) in [5, 5.41) is 20.3. The minimum absolute atomic E-state index is 0.00837. The molecule has 0 aliphatic carbocycles. The number of aryl methyl sites for hydroxylation is 2. The van der Waals surface area contributed by atoms with Crippen LogP contribution in [0.15, 0.2) is 41.5 Å². The van der Waals surface area contributed by atoms with E-state index < -0.39 is 0 Å². The zero-order valence-corrected chi connectivity index (χ0v) is 18.3. The number of phenolic OH excluding ortho intramolecular Hbond substituents is 1. The predicted molar refractivity (Wildman–Crippen MR) is 122 cm³/mol. The molecule has 0 unspecified atom stereocenters. The van der Waals surface area contributed by atoms with E-state index in [1.54, 1.807) is 4.68 Å². The van der Waals surface area contributed by atoms with Gasteiger partial charge in [-0.05, 0) is 57.9 Å². The first-order valence-corrected chi connectivity index (χ1v) is 10.8. The van der Waals surface area contributed by atoms with E-state index in [1.807, 2.05) is 55.2 Å². The van der Waals surface area contributed by atoms with Gasteiger partial charge in [0.15, 0.2) is 0 Å². The van der Waals surface area contributed by atoms with Crippen LogP contribution in [0.2, 0.25) is 0 Å². The summed E-state index contributed by atoms with van der Waals surface area (Å²) in [4.78, 5) is 18.0. The second-order valence-electron chi connectivity index (χ2n) is 8.89. The molecule has 7 nitrogen and oxygen atoms in total. The first-order chi connectivity index (χ1) is 14.8. The van der Waals surface area contributed by atoms with Gasteiger partial charge in [-0.15, -0.1) is 0 Å². The van der Waals surface area contributed by atoms with Gasteiger partial charge in [0.05, 0.1) is 22.1 Å². The number of aromatic nitrogens is 4. The van der Waals surface area contributed by atoms with Crippen molar-refractivity contribution in [3.63, 3.8) is 0 Å². The third-order valence-electron chi connectivity index (χ3n) is 6.39. The molecule has 7 heteroatoms. The topological polar surface area (TPSA) is 85.0 Å². The normalized spacial score (nSPS) is 21.7. The van der Waals surface area contributed by atoms with Crippen LogP contribution in [-0.4, -0.2) is 36.5 Å². The van der Waals surface area contributed by atoms with Crippen molar-refractivity contribution in [1.82, 2.24) is 24.6 Å². The number of piperidine rings is 1. The van der Waals surface area contributed by atoms with E-state index in [0.29, 0.717) is 34.2 Å². The molecular weight excluding hydrogens is 390 g/mol. The quantitative estimate of drug-likeness (QED) is 0.520. The summed E-state index contributed by atoms with van der Waals surface area (Å²) in [5.41, 5.74) is 3.41. The number of nitrogens with one attached hydrogen (secondary N) is 1. The van der Waals surface area contributed by atoms with Crippen molar-refractivity contribution >= 4 is 21.8 Å². The van der Waals surface area contributed by atoms with Crippen LogP contribution in [0.1, 0.15) is 38.3 Å². The molecule has 4 heterocycles. The summed E-state index contributed by atoms with van der Waals surface area (Å²) in [6.07, 6.45) is 5.65. The minimum Gasteiger partial charge on any atom is -0.507 e. The van der Waals surface area contributed by atoms with Gasteiger partial charge in [-0.1, -0.05) is 0 Å². The van der Waals surface area contributed by atoms with Crippen LogP contribution in [0.4, 0.5) is 0 Å². The maximum absolute atomic E-state index is 13.2. The molecule has 1 aliphatic heterocycles. The molecule has 4 aromatic rings. The lowest BCUT2D eigenvalue weighted by Crippen LogP contribution is -2.44. The van der Waals surface area contributed by atoms with E-state index in [2.05, 4.69) is 24.3 Å². The van der Waals surface area contributed by atoms with E-state index in [0.717, 1.165) is 29.3 Å². The molecule has 1 fully saturated rings. The number of pyridine rings is 2. The largest absolute Gasteiger partial charge is 0.507 e. The molecule has 1 aromatic carbocycles. The number of hydrogen-bond donors (Lipinski definition) is 2. The Hall–Kier alpha value is -3.19. The summed E-state index contributed by atoms with van der Waals surface area (Å²) < 4.78 is 3.60. The number of benzene rings is 1. The molecule has 0 radical (unpaired) electrons. The van der Waals surface area contributed by atoms with Crippen molar-refractivity contribution in [2.45, 2.75) is 51.7 Å². The van der Waals surface area contributed by atoms with Crippen LogP contribution >= 0.6 is 0 Å². The highest BCUT2D eigenvalue weighted by Gasteiger charge is 2.25. The molecule has 3 atom stereocenters. The van der Waals surface area contributed by atoms with Crippen LogP contribution in [0.5, 0.6) is 5.75 Å². The molecule has 0 saturated carbocycles. The van der Waals surface area contributed by atoms with Crippen molar-refractivity contribution in [3.8, 4) is 17.0 Å². The average molecular weight is 418 g/mol. The van der Waals surface area contributed by atoms with Crippen molar-refractivity contribution in [3.05, 3.63) is 52.6 Å². The highest BCUT2D eigenvalue weighted by Crippen LogP contribution is 2.36. The Bertz CT molecular complexity index is 1360. The van der Waals surface area contributed by atoms with Crippen LogP contribution in [0.3, 0.4) is 0 Å². The lowest BCUT2D eigenvalue weighted by atomic mass is 9.95. The number of aromatic hydroxyl groups is 1. The maximum Gasteiger partial charge on any atom is 0.260 e. The molecule has 0 bridgehead atoms. The number of hydrogen-bond acceptors (Lipinski definition) is 5. The number of rotatable bonds is 2. The van der Waals surface area contributed by atoms with E-state index in [9.17, 15) is 9.90 Å². The lowest BCUT2D eigenvalue weighted by molar-refractivity contribution is 0.260. The smallest absolute Gasteiger partial charge is 0.260 e. The molecule has 3 aromatic heterocycles. The molecule has 5 rings (SSSR count). The fourth-order valence-electron chi connectivity index (χ4n) is 4.98. The van der Waals surface area contributed by atoms with E-state index in [4.69, 9.17) is 4.98 Å². The van der Waals surface area contributed by atoms with Crippen molar-refractivity contribution in [1.29, 1.82) is 0 Å². The second kappa shape index (κ2) is 7.20. The molecule has 0 amide bonds. The number of fused-ring (bicyclic) bond motifs is 2. The van der Waals surface area contributed by atoms with Gasteiger partial charge in [-0.2, -0.15) is 5.10 Å². The first kappa shape index (κ1) is 19.8. The first-order valence-electron chi connectivity index (χ1n) is 10.8. The standard InChI is InChI=1S/C24H27N5O2/c1-13-9-17(10-14(2)25-13)29-8-7-21-18(24(29)31)5-6-20(26-21)19-11-16-12-28(4)27-22(16)15(3)23(19)30/h5-8,11-14,17,25,30H,9-10H2,1-4H3/t13-,14+,17+. The van der Waals surface area contributed by atoms with Gasteiger partial charge < -0.3 is 15.0 Å². The highest BCUT2D eigenvalue weighted by molar-refractivity contribution is 5.91. The molecule has 1 saturated heterocycles. The Morgan fingerprint density at radius 1 is 1.16 bits per heavy atom. The average Bonchev–Trinajstić information content (AvgIpc) is 3.10. The van der Waals surface area contributed by atoms with Crippen LogP contribution < -0.4 is 10.9 Å². The molecular formula is C24H27N5O2. The fraction of sp³-hybridized carbons (Fsp3) is 0.375. The van der Waals surface area contributed by atoms with Gasteiger partial charge in [0.25, 0.3) is 5.56 Å². The predicted octanol–water partition coefficient (Wildman–Crippen LogP) is 3.67. The summed E-state index contributed by atoms with van der Waals surface area (Å²) in [7, 11) is 1.86. The lowest BCUT2D eigenvalue weighted by Gasteiger charge is -2.34. The zero-order valence-electron chi connectivity index (χ0n) is 18.3. The van der Waals surface area contributed by atoms with Gasteiger partial charge >= 0.3 is 0 Å². The Morgan fingerprint density at radius 3 is 2.65 bits per heavy atom. The minimum atomic E-state index is -0.00837. The van der Waals surface area contributed by atoms with Crippen LogP contribution in [0, 0.1) is 6.92 Å². The van der Waals surface area contributed by atoms with Crippen molar-refractivity contribution in [2.75, 3.05) is 0 Å². The number of phenols is 1. The summed E-state index contributed by atoms with van der Waals surface area (Å²) >= 11 is 0. The SMILES string of the molecule is Cc1c(O)c(-c2ccc3c(=O)n([C@H]4C[C@@H](C)N[C@@H](C)C4)ccc3n2)cc2cn(C)nc12. The van der Waals surface area contributed by atoms with E-state index in [-0.39, 0.29) is 17.4 Å². The Morgan fingerprint density at radius 2 is 1.90 bits per heavy atom. The van der Waals surface area contributed by atoms with Gasteiger partial charge in [-0.25, -0.2) is 4.98 Å². The Balaban J connectivity index is 1.60. The van der Waals surface area contributed by atoms with Crippen LogP contribution in [-0.2, 0) is 7.05 Å². The van der Waals surface area contributed by atoms with Crippen LogP contribution in [0.25, 0.3) is 33.1 Å². The summed E-state index contributed by atoms with van der Waals surface area (Å²) in [5.74, 6) is 0.170. The Kier molecular flexibility index (Phi) is 4.59.